The van der Waals surface area contributed by atoms with Crippen LogP contribution in [0.4, 0.5) is 0 Å². The molecule has 1 aliphatic carbocycles. The maximum Gasteiger partial charge on any atom is 0.225 e. The van der Waals surface area contributed by atoms with Crippen LogP contribution in [0.15, 0.2) is 35.6 Å². The van der Waals surface area contributed by atoms with E-state index >= 15 is 0 Å². The van der Waals surface area contributed by atoms with E-state index in [0.717, 1.165) is 62.6 Å². The van der Waals surface area contributed by atoms with E-state index in [0.29, 0.717) is 12.5 Å². The Labute approximate surface area is 172 Å². The highest BCUT2D eigenvalue weighted by Gasteiger charge is 2.32. The molecule has 4 rings (SSSR count). The highest BCUT2D eigenvalue weighted by Crippen LogP contribution is 2.27. The summed E-state index contributed by atoms with van der Waals surface area (Å²) < 4.78 is 2.04. The van der Waals surface area contributed by atoms with Crippen LogP contribution < -0.4 is 10.6 Å². The van der Waals surface area contributed by atoms with E-state index < -0.39 is 0 Å². The van der Waals surface area contributed by atoms with Crippen LogP contribution in [0, 0.1) is 5.92 Å². The molecule has 1 aliphatic heterocycles. The van der Waals surface area contributed by atoms with E-state index in [1.807, 2.05) is 33.7 Å². The monoisotopic (exact) mass is 396 g/mol. The maximum atomic E-state index is 12.7. The molecule has 0 bridgehead atoms. The molecule has 1 unspecified atom stereocenters. The lowest BCUT2D eigenvalue weighted by molar-refractivity contribution is -0.134. The van der Waals surface area contributed by atoms with Gasteiger partial charge in [-0.15, -0.1) is 0 Å². The molecule has 0 aromatic carbocycles. The molecule has 3 heterocycles. The molecule has 1 amide bonds. The smallest absolute Gasteiger partial charge is 0.225 e. The van der Waals surface area contributed by atoms with E-state index in [1.165, 1.54) is 12.8 Å². The van der Waals surface area contributed by atoms with Crippen molar-refractivity contribution in [1.29, 1.82) is 0 Å². The second-order valence-corrected chi connectivity index (χ2v) is 8.10. The van der Waals surface area contributed by atoms with Gasteiger partial charge < -0.3 is 19.9 Å². The number of carbonyl (C=O) groups is 1. The second kappa shape index (κ2) is 9.29. The van der Waals surface area contributed by atoms with Crippen molar-refractivity contribution in [3.8, 4) is 0 Å². The Balaban J connectivity index is 1.29. The van der Waals surface area contributed by atoms with Gasteiger partial charge in [-0.3, -0.25) is 9.79 Å². The normalized spacial score (nSPS) is 20.5. The van der Waals surface area contributed by atoms with E-state index in [-0.39, 0.29) is 12.0 Å². The number of hydrogen-bond donors (Lipinski definition) is 2. The molecule has 2 N–H and O–H groups in total. The molecular weight excluding hydrogens is 364 g/mol. The number of guanidine groups is 1. The molecule has 0 radical (unpaired) electrons. The molecule has 7 heteroatoms. The molecule has 1 saturated heterocycles. The molecule has 7 nitrogen and oxygen atoms in total. The molecule has 1 atom stereocenters. The number of aromatic nitrogens is 2. The number of nitrogens with zero attached hydrogens (tertiary/aromatic N) is 4. The fourth-order valence-electron chi connectivity index (χ4n) is 4.41. The number of pyridine rings is 1. The molecule has 156 valence electrons. The number of aliphatic imine (C=N–C) groups is 1. The van der Waals surface area contributed by atoms with Crippen molar-refractivity contribution in [2.75, 3.05) is 26.2 Å². The minimum Gasteiger partial charge on any atom is -0.357 e. The summed E-state index contributed by atoms with van der Waals surface area (Å²) in [6.45, 7) is 5.21. The van der Waals surface area contributed by atoms with Crippen LogP contribution in [0.1, 0.15) is 44.7 Å². The Morgan fingerprint density at radius 2 is 2.14 bits per heavy atom. The summed E-state index contributed by atoms with van der Waals surface area (Å²) in [5.41, 5.74) is 2.01. The van der Waals surface area contributed by atoms with Crippen molar-refractivity contribution in [1.82, 2.24) is 24.9 Å². The van der Waals surface area contributed by atoms with Gasteiger partial charge in [-0.2, -0.15) is 0 Å². The zero-order valence-corrected chi connectivity index (χ0v) is 17.3. The van der Waals surface area contributed by atoms with Crippen molar-refractivity contribution in [3.05, 3.63) is 36.3 Å². The highest BCUT2D eigenvalue weighted by atomic mass is 16.2. The number of likely N-dealkylation sites (tertiary alicyclic amines) is 1. The third kappa shape index (κ3) is 4.89. The summed E-state index contributed by atoms with van der Waals surface area (Å²) in [5, 5.41) is 6.86. The standard InChI is InChI=1S/C22H32N6O/c1-2-23-22(24-12-10-18-15-27-13-6-5-9-20(27)25-18)26-19-11-14-28(16-19)21(29)17-7-3-4-8-17/h5-6,9,13,15,17,19H,2-4,7-8,10-12,14,16H2,1H3,(H2,23,24,26). The van der Waals surface area contributed by atoms with Crippen molar-refractivity contribution in [2.24, 2.45) is 10.9 Å². The number of imidazole rings is 1. The van der Waals surface area contributed by atoms with Crippen molar-refractivity contribution in [2.45, 2.75) is 51.5 Å². The Morgan fingerprint density at radius 3 is 2.93 bits per heavy atom. The zero-order valence-electron chi connectivity index (χ0n) is 17.3. The summed E-state index contributed by atoms with van der Waals surface area (Å²) in [5.74, 6) is 1.46. The van der Waals surface area contributed by atoms with Gasteiger partial charge in [-0.1, -0.05) is 18.9 Å². The van der Waals surface area contributed by atoms with Gasteiger partial charge in [0.05, 0.1) is 5.69 Å². The first kappa shape index (κ1) is 19.7. The van der Waals surface area contributed by atoms with Crippen LogP contribution in [-0.2, 0) is 11.2 Å². The maximum absolute atomic E-state index is 12.7. The van der Waals surface area contributed by atoms with Crippen molar-refractivity contribution >= 4 is 17.5 Å². The predicted octanol–water partition coefficient (Wildman–Crippen LogP) is 2.22. The van der Waals surface area contributed by atoms with E-state index in [9.17, 15) is 4.79 Å². The first-order chi connectivity index (χ1) is 14.2. The van der Waals surface area contributed by atoms with Gasteiger partial charge in [0.15, 0.2) is 5.96 Å². The molecule has 2 aromatic rings. The lowest BCUT2D eigenvalue weighted by Crippen LogP contribution is -2.45. The average Bonchev–Trinajstić information content (AvgIpc) is 3.48. The fourth-order valence-corrected chi connectivity index (χ4v) is 4.41. The van der Waals surface area contributed by atoms with Gasteiger partial charge >= 0.3 is 0 Å². The third-order valence-electron chi connectivity index (χ3n) is 5.94. The Kier molecular flexibility index (Phi) is 6.32. The summed E-state index contributed by atoms with van der Waals surface area (Å²) in [7, 11) is 0. The molecule has 2 aromatic heterocycles. The van der Waals surface area contributed by atoms with E-state index in [1.54, 1.807) is 0 Å². The van der Waals surface area contributed by atoms with Gasteiger partial charge in [-0.25, -0.2) is 4.98 Å². The van der Waals surface area contributed by atoms with Crippen LogP contribution >= 0.6 is 0 Å². The molecule has 0 spiro atoms. The quantitative estimate of drug-likeness (QED) is 0.580. The summed E-state index contributed by atoms with van der Waals surface area (Å²) in [6.07, 6.45) is 10.4. The molecule has 29 heavy (non-hydrogen) atoms. The van der Waals surface area contributed by atoms with Crippen LogP contribution in [0.2, 0.25) is 0 Å². The van der Waals surface area contributed by atoms with Gasteiger partial charge in [0.2, 0.25) is 5.91 Å². The number of nitrogens with one attached hydrogen (secondary N) is 2. The third-order valence-corrected chi connectivity index (χ3v) is 5.94. The summed E-state index contributed by atoms with van der Waals surface area (Å²) >= 11 is 0. The number of carbonyl (C=O) groups excluding carboxylic acids is 1. The summed E-state index contributed by atoms with van der Waals surface area (Å²) in [6, 6.07) is 6.29. The van der Waals surface area contributed by atoms with Gasteiger partial charge in [0, 0.05) is 57.0 Å². The van der Waals surface area contributed by atoms with Crippen molar-refractivity contribution < 1.29 is 4.79 Å². The highest BCUT2D eigenvalue weighted by molar-refractivity contribution is 5.81. The first-order valence-corrected chi connectivity index (χ1v) is 11.0. The van der Waals surface area contributed by atoms with Gasteiger partial charge in [0.25, 0.3) is 0 Å². The largest absolute Gasteiger partial charge is 0.357 e. The topological polar surface area (TPSA) is 74.0 Å². The van der Waals surface area contributed by atoms with E-state index in [2.05, 4.69) is 28.7 Å². The summed E-state index contributed by atoms with van der Waals surface area (Å²) in [4.78, 5) is 24.1. The van der Waals surface area contributed by atoms with Crippen LogP contribution in [-0.4, -0.2) is 58.4 Å². The molecule has 2 fully saturated rings. The molecule has 1 saturated carbocycles. The first-order valence-electron chi connectivity index (χ1n) is 11.0. The number of rotatable bonds is 6. The number of fused-ring (bicyclic) bond motifs is 1. The lowest BCUT2D eigenvalue weighted by atomic mass is 10.1. The van der Waals surface area contributed by atoms with Crippen LogP contribution in [0.5, 0.6) is 0 Å². The van der Waals surface area contributed by atoms with Crippen LogP contribution in [0.25, 0.3) is 5.65 Å². The Bertz CT molecular complexity index is 821. The molecule has 2 aliphatic rings. The molecular formula is C22H32N6O. The number of hydrogen-bond acceptors (Lipinski definition) is 3. The Hall–Kier alpha value is -2.57. The predicted molar refractivity (Wildman–Crippen MR) is 115 cm³/mol. The minimum absolute atomic E-state index is 0.265. The fraction of sp³-hybridized carbons (Fsp3) is 0.591. The zero-order chi connectivity index (χ0) is 20.1. The second-order valence-electron chi connectivity index (χ2n) is 8.10. The van der Waals surface area contributed by atoms with Gasteiger partial charge in [0.1, 0.15) is 5.65 Å². The van der Waals surface area contributed by atoms with Crippen LogP contribution in [0.3, 0.4) is 0 Å². The number of amides is 1. The SMILES string of the molecule is CCNC(=NCCc1cn2ccccc2n1)NC1CCN(C(=O)C2CCCC2)C1. The Morgan fingerprint density at radius 1 is 1.28 bits per heavy atom. The van der Waals surface area contributed by atoms with Crippen molar-refractivity contribution in [3.63, 3.8) is 0 Å². The lowest BCUT2D eigenvalue weighted by Gasteiger charge is -2.21. The minimum atomic E-state index is 0.265. The van der Waals surface area contributed by atoms with Gasteiger partial charge in [-0.05, 0) is 38.3 Å². The average molecular weight is 397 g/mol. The van der Waals surface area contributed by atoms with E-state index in [4.69, 9.17) is 4.99 Å².